The van der Waals surface area contributed by atoms with Gasteiger partial charge in [0.15, 0.2) is 0 Å². The van der Waals surface area contributed by atoms with E-state index < -0.39 is 0 Å². The summed E-state index contributed by atoms with van der Waals surface area (Å²) in [6, 6.07) is 8.25. The van der Waals surface area contributed by atoms with Gasteiger partial charge in [-0.3, -0.25) is 4.90 Å². The van der Waals surface area contributed by atoms with Crippen molar-refractivity contribution in [2.75, 3.05) is 26.7 Å². The van der Waals surface area contributed by atoms with Crippen LogP contribution in [0.5, 0.6) is 0 Å². The van der Waals surface area contributed by atoms with Crippen LogP contribution in [0.25, 0.3) is 0 Å². The van der Waals surface area contributed by atoms with Crippen LogP contribution in [0, 0.1) is 0 Å². The molecule has 1 unspecified atom stereocenters. The van der Waals surface area contributed by atoms with Crippen LogP contribution < -0.4 is 5.32 Å². The van der Waals surface area contributed by atoms with E-state index in [1.54, 1.807) is 18.9 Å². The van der Waals surface area contributed by atoms with Crippen LogP contribution >= 0.6 is 0 Å². The molecule has 0 aliphatic carbocycles. The maximum atomic E-state index is 12.2. The number of nitrogens with one attached hydrogen (secondary N) is 1. The van der Waals surface area contributed by atoms with Crippen molar-refractivity contribution in [2.45, 2.75) is 51.8 Å². The third-order valence-electron chi connectivity index (χ3n) is 4.62. The van der Waals surface area contributed by atoms with Crippen LogP contribution in [0.3, 0.4) is 0 Å². The highest BCUT2D eigenvalue weighted by Crippen LogP contribution is 2.16. The fourth-order valence-electron chi connectivity index (χ4n) is 3.03. The molecule has 2 rings (SSSR count). The van der Waals surface area contributed by atoms with E-state index in [0.29, 0.717) is 19.5 Å². The minimum atomic E-state index is -0.384. The van der Waals surface area contributed by atoms with E-state index in [2.05, 4.69) is 28.4 Å². The van der Waals surface area contributed by atoms with Crippen LogP contribution in [-0.4, -0.2) is 53.7 Å². The van der Waals surface area contributed by atoms with Crippen LogP contribution in [0.15, 0.2) is 24.3 Å². The molecule has 1 heterocycles. The Morgan fingerprint density at radius 2 is 1.92 bits per heavy atom. The molecule has 24 heavy (non-hydrogen) atoms. The number of aliphatic hydroxyl groups excluding tert-OH is 1. The number of rotatable bonds is 7. The van der Waals surface area contributed by atoms with E-state index in [1.807, 2.05) is 6.07 Å². The van der Waals surface area contributed by atoms with Gasteiger partial charge in [-0.2, -0.15) is 0 Å². The van der Waals surface area contributed by atoms with Gasteiger partial charge in [-0.15, -0.1) is 0 Å². The summed E-state index contributed by atoms with van der Waals surface area (Å²) in [5.41, 5.74) is 2.48. The number of hydrogen-bond donors (Lipinski definition) is 2. The predicted molar refractivity (Wildman–Crippen MR) is 96.7 cm³/mol. The number of urea groups is 1. The molecule has 0 aromatic heterocycles. The lowest BCUT2D eigenvalue weighted by molar-refractivity contribution is 0.163. The number of nitrogens with zero attached hydrogens (tertiary/aromatic N) is 2. The van der Waals surface area contributed by atoms with Gasteiger partial charge in [0.2, 0.25) is 0 Å². The molecule has 0 spiro atoms. The molecule has 5 nitrogen and oxygen atoms in total. The fraction of sp³-hybridized carbons (Fsp3) is 0.632. The molecule has 2 amide bonds. The Labute approximate surface area is 145 Å². The molecule has 0 bridgehead atoms. The summed E-state index contributed by atoms with van der Waals surface area (Å²) < 4.78 is 0. The average molecular weight is 333 g/mol. The first-order valence-corrected chi connectivity index (χ1v) is 9.02. The number of piperidine rings is 1. The number of hydrogen-bond acceptors (Lipinski definition) is 3. The molecule has 0 radical (unpaired) electrons. The fourth-order valence-corrected chi connectivity index (χ4v) is 3.03. The van der Waals surface area contributed by atoms with Crippen LogP contribution in [0.2, 0.25) is 0 Å². The molecule has 1 fully saturated rings. The largest absolute Gasteiger partial charge is 0.393 e. The van der Waals surface area contributed by atoms with Gasteiger partial charge in [0.05, 0.1) is 6.10 Å². The van der Waals surface area contributed by atoms with Crippen LogP contribution in [0.4, 0.5) is 4.79 Å². The molecule has 1 aromatic rings. The molecule has 5 heteroatoms. The molecule has 0 saturated carbocycles. The Bertz CT molecular complexity index is 513. The van der Waals surface area contributed by atoms with Crippen molar-refractivity contribution in [3.8, 4) is 0 Å². The Balaban J connectivity index is 1.86. The van der Waals surface area contributed by atoms with Crippen molar-refractivity contribution in [3.63, 3.8) is 0 Å². The monoisotopic (exact) mass is 333 g/mol. The number of carbonyl (C=O) groups excluding carboxylic acids is 1. The molecule has 134 valence electrons. The molecule has 2 N–H and O–H groups in total. The summed E-state index contributed by atoms with van der Waals surface area (Å²) in [4.78, 5) is 16.3. The van der Waals surface area contributed by atoms with Crippen LogP contribution in [-0.2, 0) is 13.1 Å². The van der Waals surface area contributed by atoms with Gasteiger partial charge in [-0.05, 0) is 50.4 Å². The molecule has 1 aliphatic heterocycles. The second kappa shape index (κ2) is 9.64. The zero-order chi connectivity index (χ0) is 17.4. The summed E-state index contributed by atoms with van der Waals surface area (Å²) in [6.07, 6.45) is 4.12. The van der Waals surface area contributed by atoms with E-state index in [0.717, 1.165) is 6.54 Å². The maximum absolute atomic E-state index is 12.2. The number of benzene rings is 1. The summed E-state index contributed by atoms with van der Waals surface area (Å²) >= 11 is 0. The zero-order valence-corrected chi connectivity index (χ0v) is 15.0. The van der Waals surface area contributed by atoms with E-state index in [1.165, 1.54) is 43.5 Å². The SMILES string of the molecule is CC(O)CCN(C)C(=O)NCc1ccccc1CN1CCCCC1. The minimum absolute atomic E-state index is 0.0941. The third-order valence-corrected chi connectivity index (χ3v) is 4.62. The smallest absolute Gasteiger partial charge is 0.317 e. The first-order valence-electron chi connectivity index (χ1n) is 9.02. The third kappa shape index (κ3) is 6.13. The first-order chi connectivity index (χ1) is 11.6. The summed E-state index contributed by atoms with van der Waals surface area (Å²) in [6.45, 7) is 6.14. The molecular formula is C19H31N3O2. The van der Waals surface area contributed by atoms with Crippen molar-refractivity contribution in [1.29, 1.82) is 0 Å². The highest BCUT2D eigenvalue weighted by molar-refractivity contribution is 5.73. The Kier molecular flexibility index (Phi) is 7.53. The van der Waals surface area contributed by atoms with E-state index >= 15 is 0 Å². The van der Waals surface area contributed by atoms with Crippen molar-refractivity contribution in [1.82, 2.24) is 15.1 Å². The molecule has 1 aromatic carbocycles. The molecule has 1 aliphatic rings. The van der Waals surface area contributed by atoms with Crippen molar-refractivity contribution in [2.24, 2.45) is 0 Å². The Hall–Kier alpha value is -1.59. The van der Waals surface area contributed by atoms with Gasteiger partial charge in [-0.25, -0.2) is 4.79 Å². The Morgan fingerprint density at radius 1 is 1.25 bits per heavy atom. The maximum Gasteiger partial charge on any atom is 0.317 e. The summed E-state index contributed by atoms with van der Waals surface area (Å²) in [7, 11) is 1.76. The predicted octanol–water partition coefficient (Wildman–Crippen LogP) is 2.58. The highest BCUT2D eigenvalue weighted by Gasteiger charge is 2.14. The van der Waals surface area contributed by atoms with Crippen molar-refractivity contribution < 1.29 is 9.90 Å². The highest BCUT2D eigenvalue weighted by atomic mass is 16.3. The normalized spacial score (nSPS) is 16.6. The average Bonchev–Trinajstić information content (AvgIpc) is 2.59. The Morgan fingerprint density at radius 3 is 2.58 bits per heavy atom. The number of likely N-dealkylation sites (tertiary alicyclic amines) is 1. The number of carbonyl (C=O) groups is 1. The van der Waals surface area contributed by atoms with E-state index in [-0.39, 0.29) is 12.1 Å². The first kappa shape index (κ1) is 18.7. The lowest BCUT2D eigenvalue weighted by Crippen LogP contribution is -2.38. The lowest BCUT2D eigenvalue weighted by atomic mass is 10.0. The van der Waals surface area contributed by atoms with Gasteiger partial charge >= 0.3 is 6.03 Å². The second-order valence-electron chi connectivity index (χ2n) is 6.82. The van der Waals surface area contributed by atoms with E-state index in [4.69, 9.17) is 0 Å². The van der Waals surface area contributed by atoms with Crippen LogP contribution in [0.1, 0.15) is 43.7 Å². The van der Waals surface area contributed by atoms with Gasteiger partial charge in [-0.1, -0.05) is 30.7 Å². The van der Waals surface area contributed by atoms with Gasteiger partial charge < -0.3 is 15.3 Å². The molecular weight excluding hydrogens is 302 g/mol. The van der Waals surface area contributed by atoms with E-state index in [9.17, 15) is 9.90 Å². The molecule has 1 atom stereocenters. The van der Waals surface area contributed by atoms with Gasteiger partial charge in [0.25, 0.3) is 0 Å². The molecule has 1 saturated heterocycles. The number of amides is 2. The van der Waals surface area contributed by atoms with Gasteiger partial charge in [0.1, 0.15) is 0 Å². The standard InChI is InChI=1S/C19H31N3O2/c1-16(23)10-13-21(2)19(24)20-14-17-8-4-5-9-18(17)15-22-11-6-3-7-12-22/h4-5,8-9,16,23H,3,6-7,10-15H2,1-2H3,(H,20,24). The summed E-state index contributed by atoms with van der Waals surface area (Å²) in [5, 5.41) is 12.3. The van der Waals surface area contributed by atoms with Crippen molar-refractivity contribution >= 4 is 6.03 Å². The van der Waals surface area contributed by atoms with Crippen molar-refractivity contribution in [3.05, 3.63) is 35.4 Å². The zero-order valence-electron chi connectivity index (χ0n) is 15.0. The number of aliphatic hydroxyl groups is 1. The minimum Gasteiger partial charge on any atom is -0.393 e. The quantitative estimate of drug-likeness (QED) is 0.806. The van der Waals surface area contributed by atoms with Gasteiger partial charge in [0, 0.05) is 26.7 Å². The topological polar surface area (TPSA) is 55.8 Å². The lowest BCUT2D eigenvalue weighted by Gasteiger charge is -2.27. The second-order valence-corrected chi connectivity index (χ2v) is 6.82. The summed E-state index contributed by atoms with van der Waals surface area (Å²) in [5.74, 6) is 0.